The van der Waals surface area contributed by atoms with Crippen LogP contribution in [0.3, 0.4) is 0 Å². The van der Waals surface area contributed by atoms with E-state index in [1.165, 1.54) is 20.8 Å². The Labute approximate surface area is 224 Å². The van der Waals surface area contributed by atoms with Crippen LogP contribution in [0.2, 0.25) is 0 Å². The Kier molecular flexibility index (Phi) is 13.2. The molecule has 210 valence electrons. The normalized spacial score (nSPS) is 13.7. The van der Waals surface area contributed by atoms with E-state index in [1.807, 2.05) is 0 Å². The molecule has 0 aliphatic heterocycles. The molecule has 0 saturated carbocycles. The fourth-order valence-electron chi connectivity index (χ4n) is 2.39. The van der Waals surface area contributed by atoms with Crippen molar-refractivity contribution in [1.29, 1.82) is 0 Å². The Morgan fingerprint density at radius 1 is 0.590 bits per heavy atom. The third-order valence-electron chi connectivity index (χ3n) is 4.18. The summed E-state index contributed by atoms with van der Waals surface area (Å²) < 4.78 is 14.6. The molecule has 1 rings (SSSR count). The summed E-state index contributed by atoms with van der Waals surface area (Å²) in [5.74, 6) is -4.74. The molecule has 0 unspecified atom stereocenters. The second-order valence-electron chi connectivity index (χ2n) is 7.17. The first-order chi connectivity index (χ1) is 18.4. The van der Waals surface area contributed by atoms with Crippen LogP contribution in [0.5, 0.6) is 0 Å². The minimum atomic E-state index is -0.850. The third-order valence-corrected chi connectivity index (χ3v) is 4.18. The van der Waals surface area contributed by atoms with E-state index in [4.69, 9.17) is 14.2 Å². The number of ether oxygens (including phenoxy) is 3. The summed E-state index contributed by atoms with van der Waals surface area (Å²) in [4.78, 5) is 60.0. The first-order valence-corrected chi connectivity index (χ1v) is 11.5. The Hall–Kier alpha value is -4.95. The summed E-state index contributed by atoms with van der Waals surface area (Å²) in [6, 6.07) is 0. The highest BCUT2D eigenvalue weighted by molar-refractivity contribution is 6.11. The lowest BCUT2D eigenvalue weighted by Gasteiger charge is -2.04. The van der Waals surface area contributed by atoms with Gasteiger partial charge in [0.05, 0.1) is 19.8 Å². The van der Waals surface area contributed by atoms with Gasteiger partial charge in [-0.25, -0.2) is 29.4 Å². The molecule has 0 bridgehead atoms. The van der Waals surface area contributed by atoms with E-state index in [0.717, 1.165) is 18.6 Å². The van der Waals surface area contributed by atoms with Gasteiger partial charge in [-0.3, -0.25) is 0 Å². The van der Waals surface area contributed by atoms with Crippen LogP contribution in [0.15, 0.2) is 49.0 Å². The Morgan fingerprint density at radius 2 is 0.821 bits per heavy atom. The molecule has 0 radical (unpaired) electrons. The van der Waals surface area contributed by atoms with Gasteiger partial charge in [-0.05, 0) is 41.5 Å². The number of aliphatic hydroxyl groups excluding tert-OH is 3. The van der Waals surface area contributed by atoms with Gasteiger partial charge in [0, 0.05) is 18.6 Å². The van der Waals surface area contributed by atoms with Gasteiger partial charge in [0.25, 0.3) is 17.8 Å². The van der Waals surface area contributed by atoms with E-state index in [1.54, 1.807) is 20.8 Å². The fraction of sp³-hybridized carbons (Fsp3) is 0.375. The quantitative estimate of drug-likeness (QED) is 0.113. The molecule has 1 heterocycles. The van der Waals surface area contributed by atoms with Crippen LogP contribution in [-0.4, -0.2) is 86.6 Å². The van der Waals surface area contributed by atoms with E-state index in [2.05, 4.69) is 29.9 Å². The number of aliphatic hydroxyl groups is 3. The van der Waals surface area contributed by atoms with E-state index in [9.17, 15) is 29.7 Å². The van der Waals surface area contributed by atoms with Gasteiger partial charge in [0.15, 0.2) is 0 Å². The summed E-state index contributed by atoms with van der Waals surface area (Å²) >= 11 is 0. The summed E-state index contributed by atoms with van der Waals surface area (Å²) in [6.07, 6.45) is 2.86. The smallest absolute Gasteiger partial charge is 0.343 e. The number of allylic oxidation sites excluding steroid dienone is 3. The van der Waals surface area contributed by atoms with Crippen LogP contribution in [0.1, 0.15) is 41.5 Å². The second kappa shape index (κ2) is 16.0. The number of carbonyl (C=O) groups excluding carboxylic acids is 3. The van der Waals surface area contributed by atoms with Gasteiger partial charge in [0.1, 0.15) is 34.0 Å². The number of esters is 3. The number of carbonyl (C=O) groups is 3. The van der Waals surface area contributed by atoms with Crippen LogP contribution in [0.4, 0.5) is 17.8 Å². The average molecular weight is 547 g/mol. The van der Waals surface area contributed by atoms with Crippen molar-refractivity contribution in [1.82, 2.24) is 15.0 Å². The lowest BCUT2D eigenvalue weighted by atomic mass is 10.2. The minimum Gasteiger partial charge on any atom is -0.512 e. The van der Waals surface area contributed by atoms with Gasteiger partial charge >= 0.3 is 17.9 Å². The van der Waals surface area contributed by atoms with Crippen LogP contribution >= 0.6 is 0 Å². The van der Waals surface area contributed by atoms with Crippen LogP contribution in [-0.2, 0) is 28.6 Å². The first kappa shape index (κ1) is 32.1. The number of hydrogen-bond acceptors (Lipinski definition) is 15. The number of aromatic nitrogens is 3. The van der Waals surface area contributed by atoms with Crippen molar-refractivity contribution in [2.45, 2.75) is 41.5 Å². The van der Waals surface area contributed by atoms with E-state index < -0.39 is 17.9 Å². The van der Waals surface area contributed by atoms with Gasteiger partial charge in [0.2, 0.25) is 0 Å². The molecule has 0 atom stereocenters. The summed E-state index contributed by atoms with van der Waals surface area (Å²) in [5, 5.41) is 29.5. The molecule has 0 saturated heterocycles. The van der Waals surface area contributed by atoms with E-state index in [-0.39, 0.29) is 71.7 Å². The zero-order valence-corrected chi connectivity index (χ0v) is 22.3. The Morgan fingerprint density at radius 3 is 1.00 bits per heavy atom. The number of hydrogen-bond donors (Lipinski definition) is 3. The predicted molar refractivity (Wildman–Crippen MR) is 140 cm³/mol. The van der Waals surface area contributed by atoms with Crippen molar-refractivity contribution in [3.63, 3.8) is 0 Å². The molecule has 0 fully saturated rings. The van der Waals surface area contributed by atoms with Gasteiger partial charge in [-0.2, -0.15) is 15.0 Å². The zero-order valence-electron chi connectivity index (χ0n) is 22.3. The molecule has 39 heavy (non-hydrogen) atoms. The lowest BCUT2D eigenvalue weighted by molar-refractivity contribution is -0.139. The summed E-state index contributed by atoms with van der Waals surface area (Å²) in [5.41, 5.74) is -0.835. The lowest BCUT2D eigenvalue weighted by Crippen LogP contribution is -2.11. The first-order valence-electron chi connectivity index (χ1n) is 11.5. The van der Waals surface area contributed by atoms with Crippen LogP contribution in [0.25, 0.3) is 0 Å². The van der Waals surface area contributed by atoms with E-state index >= 15 is 0 Å². The maximum atomic E-state index is 12.1. The summed E-state index contributed by atoms with van der Waals surface area (Å²) in [7, 11) is 0. The van der Waals surface area contributed by atoms with Crippen molar-refractivity contribution in [3.8, 4) is 0 Å². The molecule has 3 N–H and O–H groups in total. The fourth-order valence-corrected chi connectivity index (χ4v) is 2.39. The zero-order chi connectivity index (χ0) is 29.5. The number of aliphatic imine (C=N–C) groups is 3. The maximum Gasteiger partial charge on any atom is 0.343 e. The van der Waals surface area contributed by atoms with Crippen LogP contribution < -0.4 is 0 Å². The van der Waals surface area contributed by atoms with Crippen molar-refractivity contribution in [2.24, 2.45) is 15.0 Å². The SMILES string of the molecule is CCOC(=O)C(C=Nc1nc(N=CC(C(=O)OCC)=C(C)O)nc(N=CC(C(=O)OCC)=C(C)O)n1)=C(C)O. The largest absolute Gasteiger partial charge is 0.512 e. The van der Waals surface area contributed by atoms with E-state index in [0.29, 0.717) is 0 Å². The summed E-state index contributed by atoms with van der Waals surface area (Å²) in [6.45, 7) is 8.64. The number of nitrogens with zero attached hydrogens (tertiary/aromatic N) is 6. The molecule has 0 aromatic carbocycles. The van der Waals surface area contributed by atoms with Crippen molar-refractivity contribution >= 4 is 54.4 Å². The maximum absolute atomic E-state index is 12.1. The molecule has 15 nitrogen and oxygen atoms in total. The second-order valence-corrected chi connectivity index (χ2v) is 7.17. The Balaban J connectivity index is 3.64. The van der Waals surface area contributed by atoms with Crippen molar-refractivity contribution < 1.29 is 43.9 Å². The molecular formula is C24H30N6O9. The van der Waals surface area contributed by atoms with Gasteiger partial charge in [-0.15, -0.1) is 0 Å². The van der Waals surface area contributed by atoms with Crippen molar-refractivity contribution in [2.75, 3.05) is 19.8 Å². The van der Waals surface area contributed by atoms with Gasteiger partial charge < -0.3 is 29.5 Å². The van der Waals surface area contributed by atoms with Crippen LogP contribution in [0, 0.1) is 0 Å². The highest BCUT2D eigenvalue weighted by Crippen LogP contribution is 2.18. The molecule has 15 heteroatoms. The van der Waals surface area contributed by atoms with Gasteiger partial charge in [-0.1, -0.05) is 0 Å². The highest BCUT2D eigenvalue weighted by atomic mass is 16.5. The Bertz CT molecular complexity index is 1090. The molecular weight excluding hydrogens is 516 g/mol. The number of rotatable bonds is 12. The highest BCUT2D eigenvalue weighted by Gasteiger charge is 2.16. The topological polar surface area (TPSA) is 215 Å². The minimum absolute atomic E-state index is 0.0497. The molecule has 1 aromatic heterocycles. The molecule has 0 amide bonds. The standard InChI is InChI=1S/C24H30N6O9/c1-7-37-19(34)16(13(4)31)10-25-22-28-23(26-11-17(14(5)32)20(35)38-8-2)30-24(29-22)27-12-18(15(6)33)21(36)39-9-3/h10-12,31-33H,7-9H2,1-6H3. The molecule has 0 spiro atoms. The predicted octanol–water partition coefficient (Wildman–Crippen LogP) is 3.16. The molecule has 0 aliphatic rings. The van der Waals surface area contributed by atoms with Crippen molar-refractivity contribution in [3.05, 3.63) is 34.0 Å². The third kappa shape index (κ3) is 10.5. The molecule has 0 aliphatic carbocycles. The average Bonchev–Trinajstić information content (AvgIpc) is 2.84. The molecule has 1 aromatic rings. The monoisotopic (exact) mass is 546 g/mol.